The fourth-order valence-corrected chi connectivity index (χ4v) is 8.93. The summed E-state index contributed by atoms with van der Waals surface area (Å²) in [6.07, 6.45) is 49.8. The van der Waals surface area contributed by atoms with E-state index in [9.17, 15) is 45.6 Å². The van der Waals surface area contributed by atoms with E-state index in [-0.39, 0.29) is 18.9 Å². The lowest BCUT2D eigenvalue weighted by atomic mass is 9.97. The first-order valence-electron chi connectivity index (χ1n) is 29.6. The van der Waals surface area contributed by atoms with Crippen LogP contribution in [0.15, 0.2) is 109 Å². The van der Waals surface area contributed by atoms with Crippen LogP contribution in [0.5, 0.6) is 0 Å². The molecule has 2 heterocycles. The average molecular weight is 1080 g/mol. The minimum Gasteiger partial charge on any atom is -0.394 e. The maximum atomic E-state index is 13.2. The number of aliphatic hydroxyl groups is 8. The first kappa shape index (κ1) is 69.8. The Morgan fingerprint density at radius 1 is 0.481 bits per heavy atom. The molecular weight excluding hydrogens is 979 g/mol. The molecule has 12 unspecified atom stereocenters. The number of ether oxygens (including phenoxy) is 4. The summed E-state index contributed by atoms with van der Waals surface area (Å²) in [7, 11) is 0. The predicted molar refractivity (Wildman–Crippen MR) is 309 cm³/mol. The Morgan fingerprint density at radius 2 is 0.909 bits per heavy atom. The molecule has 0 aliphatic carbocycles. The van der Waals surface area contributed by atoms with Crippen LogP contribution in [0, 0.1) is 0 Å². The number of amides is 1. The highest BCUT2D eigenvalue weighted by Gasteiger charge is 2.51. The molecule has 0 spiro atoms. The molecule has 2 fully saturated rings. The second kappa shape index (κ2) is 47.5. The predicted octanol–water partition coefficient (Wildman–Crippen LogP) is 10.1. The molecule has 0 aromatic carbocycles. The van der Waals surface area contributed by atoms with Crippen molar-refractivity contribution in [2.75, 3.05) is 19.8 Å². The molecule has 2 aliphatic rings. The van der Waals surface area contributed by atoms with Crippen LogP contribution in [0.2, 0.25) is 0 Å². The molecule has 77 heavy (non-hydrogen) atoms. The first-order valence-corrected chi connectivity index (χ1v) is 29.6. The van der Waals surface area contributed by atoms with E-state index in [4.69, 9.17) is 18.9 Å². The van der Waals surface area contributed by atoms with Gasteiger partial charge in [0.05, 0.1) is 32.0 Å². The third kappa shape index (κ3) is 33.1. The number of nitrogens with one attached hydrogen (secondary N) is 1. The number of carbonyl (C=O) groups excluding carboxylic acids is 1. The van der Waals surface area contributed by atoms with Gasteiger partial charge in [0.1, 0.15) is 48.8 Å². The van der Waals surface area contributed by atoms with Gasteiger partial charge >= 0.3 is 0 Å². The molecule has 12 atom stereocenters. The lowest BCUT2D eigenvalue weighted by molar-refractivity contribution is -0.359. The quantitative estimate of drug-likeness (QED) is 0.0205. The molecule has 0 aromatic heterocycles. The Bertz CT molecular complexity index is 1700. The molecule has 0 saturated carbocycles. The summed E-state index contributed by atoms with van der Waals surface area (Å²) in [5, 5.41) is 87.0. The Kier molecular flexibility index (Phi) is 43.0. The Labute approximate surface area is 464 Å². The van der Waals surface area contributed by atoms with Gasteiger partial charge in [0.15, 0.2) is 12.6 Å². The van der Waals surface area contributed by atoms with Crippen LogP contribution in [0.25, 0.3) is 0 Å². The largest absolute Gasteiger partial charge is 0.394 e. The van der Waals surface area contributed by atoms with Gasteiger partial charge < -0.3 is 65.1 Å². The Balaban J connectivity index is 1.75. The van der Waals surface area contributed by atoms with Crippen LogP contribution >= 0.6 is 0 Å². The summed E-state index contributed by atoms with van der Waals surface area (Å²) >= 11 is 0. The number of allylic oxidation sites excluding steroid dienone is 17. The molecule has 1 amide bonds. The smallest absolute Gasteiger partial charge is 0.220 e. The number of unbranched alkanes of at least 4 members (excludes halogenated alkanes) is 16. The van der Waals surface area contributed by atoms with Crippen molar-refractivity contribution in [1.82, 2.24) is 5.32 Å². The maximum Gasteiger partial charge on any atom is 0.220 e. The number of carbonyl (C=O) groups is 1. The molecular formula is C63H105NO13. The van der Waals surface area contributed by atoms with Crippen molar-refractivity contribution >= 4 is 5.91 Å². The van der Waals surface area contributed by atoms with Crippen molar-refractivity contribution in [2.24, 2.45) is 0 Å². The molecule has 9 N–H and O–H groups in total. The third-order valence-electron chi connectivity index (χ3n) is 13.7. The maximum absolute atomic E-state index is 13.2. The van der Waals surface area contributed by atoms with Gasteiger partial charge in [-0.05, 0) is 89.9 Å². The zero-order valence-electron chi connectivity index (χ0n) is 47.2. The summed E-state index contributed by atoms with van der Waals surface area (Å²) in [6, 6.07) is -0.945. The summed E-state index contributed by atoms with van der Waals surface area (Å²) in [5.74, 6) is -0.267. The molecule has 0 bridgehead atoms. The molecule has 2 saturated heterocycles. The van der Waals surface area contributed by atoms with Crippen molar-refractivity contribution in [1.29, 1.82) is 0 Å². The highest BCUT2D eigenvalue weighted by Crippen LogP contribution is 2.30. The second-order valence-corrected chi connectivity index (χ2v) is 20.4. The second-order valence-electron chi connectivity index (χ2n) is 20.4. The SMILES string of the molecule is CC/C=C\C/C=C\C/C=C\C/C=C\C/C=C\C/C=C\C/C=C\CCCCCCCCCC(=O)NC(COC1OC(CO)C(OC2OC(CO)C(O)C(O)C2O)C(O)C1O)C(O)/C=C/CC/C=C/CCCCCCCCCC. The third-order valence-corrected chi connectivity index (χ3v) is 13.7. The molecule has 2 rings (SSSR count). The minimum atomic E-state index is -1.80. The van der Waals surface area contributed by atoms with Crippen molar-refractivity contribution < 1.29 is 64.6 Å². The highest BCUT2D eigenvalue weighted by molar-refractivity contribution is 5.76. The summed E-state index contributed by atoms with van der Waals surface area (Å²) in [4.78, 5) is 13.2. The van der Waals surface area contributed by atoms with E-state index in [0.717, 1.165) is 103 Å². The molecule has 440 valence electrons. The number of hydrogen-bond acceptors (Lipinski definition) is 13. The highest BCUT2D eigenvalue weighted by atomic mass is 16.7. The van der Waals surface area contributed by atoms with Gasteiger partial charge in [0, 0.05) is 6.42 Å². The fourth-order valence-electron chi connectivity index (χ4n) is 8.93. The van der Waals surface area contributed by atoms with Crippen LogP contribution < -0.4 is 5.32 Å². The summed E-state index contributed by atoms with van der Waals surface area (Å²) in [5.41, 5.74) is 0. The van der Waals surface area contributed by atoms with Crippen LogP contribution in [-0.2, 0) is 23.7 Å². The minimum absolute atomic E-state index is 0.253. The van der Waals surface area contributed by atoms with Gasteiger partial charge in [-0.15, -0.1) is 0 Å². The van der Waals surface area contributed by atoms with Gasteiger partial charge in [-0.2, -0.15) is 0 Å². The fraction of sp³-hybridized carbons (Fsp3) is 0.698. The van der Waals surface area contributed by atoms with Crippen LogP contribution in [0.1, 0.15) is 187 Å². The average Bonchev–Trinajstić information content (AvgIpc) is 3.43. The number of rotatable bonds is 45. The van der Waals surface area contributed by atoms with Gasteiger partial charge in [0.2, 0.25) is 5.91 Å². The molecule has 0 radical (unpaired) electrons. The molecule has 2 aliphatic heterocycles. The van der Waals surface area contributed by atoms with Crippen molar-refractivity contribution in [3.05, 3.63) is 109 Å². The lowest BCUT2D eigenvalue weighted by Crippen LogP contribution is -2.65. The van der Waals surface area contributed by atoms with Crippen LogP contribution in [0.4, 0.5) is 0 Å². The topological polar surface area (TPSA) is 228 Å². The van der Waals surface area contributed by atoms with Crippen molar-refractivity contribution in [3.8, 4) is 0 Å². The van der Waals surface area contributed by atoms with E-state index in [1.54, 1.807) is 6.08 Å². The number of hydrogen-bond donors (Lipinski definition) is 9. The Morgan fingerprint density at radius 3 is 1.43 bits per heavy atom. The number of aliphatic hydroxyl groups excluding tert-OH is 8. The summed E-state index contributed by atoms with van der Waals surface area (Å²) in [6.45, 7) is 2.63. The van der Waals surface area contributed by atoms with Gasteiger partial charge in [0.25, 0.3) is 0 Å². The first-order chi connectivity index (χ1) is 37.6. The van der Waals surface area contributed by atoms with E-state index in [1.807, 2.05) is 6.08 Å². The zero-order valence-corrected chi connectivity index (χ0v) is 47.2. The lowest BCUT2D eigenvalue weighted by Gasteiger charge is -2.46. The van der Waals surface area contributed by atoms with Crippen LogP contribution in [0.3, 0.4) is 0 Å². The standard InChI is InChI=1S/C63H105NO13/c1-3-5-7-9-11-13-15-17-19-20-21-22-23-24-25-26-27-28-29-30-31-32-33-35-37-39-41-43-45-47-55(68)64-51(52(67)46-44-42-40-38-36-34-18-16-14-12-10-8-6-4-2)50-74-62-60(73)58(71)61(54(49-66)76-62)77-63-59(72)57(70)56(69)53(48-65)75-63/h5,7,11,13,17,19,21-22,24-25,27-28,30-31,36,38,44,46,51-54,56-63,65-67,69-73H,3-4,6,8-10,12,14-16,18,20,23,26,29,32-35,37,39-43,45,47-50H2,1-2H3,(H,64,68)/b7-5-,13-11-,19-17-,22-21-,25-24-,28-27-,31-30-,38-36+,46-44+. The van der Waals surface area contributed by atoms with E-state index in [2.05, 4.69) is 116 Å². The van der Waals surface area contributed by atoms with Crippen LogP contribution in [-0.4, -0.2) is 140 Å². The van der Waals surface area contributed by atoms with E-state index < -0.39 is 86.8 Å². The van der Waals surface area contributed by atoms with Gasteiger partial charge in [-0.25, -0.2) is 0 Å². The van der Waals surface area contributed by atoms with E-state index in [1.165, 1.54) is 51.4 Å². The van der Waals surface area contributed by atoms with Gasteiger partial charge in [-0.3, -0.25) is 4.79 Å². The molecule has 14 nitrogen and oxygen atoms in total. The molecule has 0 aromatic rings. The zero-order chi connectivity index (χ0) is 56.0. The van der Waals surface area contributed by atoms with Crippen molar-refractivity contribution in [3.63, 3.8) is 0 Å². The summed E-state index contributed by atoms with van der Waals surface area (Å²) < 4.78 is 22.7. The van der Waals surface area contributed by atoms with Gasteiger partial charge in [-0.1, -0.05) is 200 Å². The van der Waals surface area contributed by atoms with Crippen molar-refractivity contribution in [2.45, 2.75) is 261 Å². The monoisotopic (exact) mass is 1080 g/mol. The Hall–Kier alpha value is -3.35. The molecule has 14 heteroatoms. The van der Waals surface area contributed by atoms with E-state index in [0.29, 0.717) is 12.8 Å². The van der Waals surface area contributed by atoms with E-state index >= 15 is 0 Å². The normalized spacial score (nSPS) is 25.5.